The molecule has 1 aromatic heterocycles. The topological polar surface area (TPSA) is 53.2 Å². The Morgan fingerprint density at radius 1 is 0.744 bits per heavy atom. The molecular weight excluding hydrogens is 500 g/mol. The van der Waals surface area contributed by atoms with Crippen LogP contribution in [-0.4, -0.2) is 24.3 Å². The van der Waals surface area contributed by atoms with Crippen molar-refractivity contribution in [2.75, 3.05) is 6.54 Å². The number of sulfonamides is 1. The lowest BCUT2D eigenvalue weighted by Crippen LogP contribution is -2.48. The Morgan fingerprint density at radius 2 is 1.36 bits per heavy atom. The van der Waals surface area contributed by atoms with E-state index in [1.165, 1.54) is 16.7 Å². The molecule has 196 valence electrons. The molecule has 4 aromatic carbocycles. The summed E-state index contributed by atoms with van der Waals surface area (Å²) in [5.74, 6) is 0. The van der Waals surface area contributed by atoms with E-state index in [4.69, 9.17) is 0 Å². The summed E-state index contributed by atoms with van der Waals surface area (Å²) in [5.41, 5.74) is 6.40. The number of hydrogen-bond acceptors (Lipinski definition) is 2. The zero-order valence-corrected chi connectivity index (χ0v) is 23.1. The van der Waals surface area contributed by atoms with E-state index in [0.29, 0.717) is 11.4 Å². The van der Waals surface area contributed by atoms with Crippen molar-refractivity contribution in [2.24, 2.45) is 0 Å². The van der Waals surface area contributed by atoms with Crippen LogP contribution in [0.15, 0.2) is 114 Å². The normalized spacial score (nSPS) is 24.9. The molecule has 2 fully saturated rings. The third-order valence-corrected chi connectivity index (χ3v) is 11.1. The number of fused-ring (bicyclic) bond motifs is 2. The van der Waals surface area contributed by atoms with Crippen LogP contribution in [0, 0.1) is 13.8 Å². The number of para-hydroxylation sites is 1. The second-order valence-electron chi connectivity index (χ2n) is 11.4. The minimum atomic E-state index is -3.77. The van der Waals surface area contributed by atoms with Gasteiger partial charge in [-0.1, -0.05) is 96.1 Å². The summed E-state index contributed by atoms with van der Waals surface area (Å²) in [6.07, 6.45) is 3.66. The summed E-state index contributed by atoms with van der Waals surface area (Å²) < 4.78 is 30.8. The third-order valence-electron chi connectivity index (χ3n) is 9.25. The van der Waals surface area contributed by atoms with E-state index in [0.717, 1.165) is 34.9 Å². The maximum atomic E-state index is 14.5. The molecule has 1 saturated heterocycles. The highest BCUT2D eigenvalue weighted by Gasteiger charge is 2.73. The zero-order chi connectivity index (χ0) is 26.8. The first-order valence-electron chi connectivity index (χ1n) is 13.6. The van der Waals surface area contributed by atoms with Crippen LogP contribution in [0.25, 0.3) is 10.9 Å². The maximum Gasteiger partial charge on any atom is 0.243 e. The Hall–Kier alpha value is -3.67. The van der Waals surface area contributed by atoms with Crippen molar-refractivity contribution in [3.05, 3.63) is 137 Å². The molecule has 0 amide bonds. The van der Waals surface area contributed by atoms with Crippen molar-refractivity contribution < 1.29 is 8.42 Å². The number of H-pyrrole nitrogens is 1. The van der Waals surface area contributed by atoms with Gasteiger partial charge in [-0.3, -0.25) is 0 Å². The van der Waals surface area contributed by atoms with Gasteiger partial charge in [0.1, 0.15) is 0 Å². The molecule has 39 heavy (non-hydrogen) atoms. The smallest absolute Gasteiger partial charge is 0.243 e. The highest BCUT2D eigenvalue weighted by atomic mass is 32.2. The van der Waals surface area contributed by atoms with Gasteiger partial charge in [-0.15, -0.1) is 0 Å². The van der Waals surface area contributed by atoms with Gasteiger partial charge in [0.25, 0.3) is 0 Å². The van der Waals surface area contributed by atoms with Crippen LogP contribution in [0.3, 0.4) is 0 Å². The second kappa shape index (κ2) is 8.67. The molecule has 4 nitrogen and oxygen atoms in total. The van der Waals surface area contributed by atoms with Crippen molar-refractivity contribution in [3.8, 4) is 0 Å². The third kappa shape index (κ3) is 3.64. The molecule has 0 radical (unpaired) electrons. The molecule has 1 saturated carbocycles. The van der Waals surface area contributed by atoms with E-state index < -0.39 is 10.0 Å². The molecule has 0 spiro atoms. The lowest BCUT2D eigenvalue weighted by atomic mass is 9.74. The first kappa shape index (κ1) is 24.4. The first-order chi connectivity index (χ1) is 18.8. The lowest BCUT2D eigenvalue weighted by Gasteiger charge is -2.43. The predicted molar refractivity (Wildman–Crippen MR) is 156 cm³/mol. The van der Waals surface area contributed by atoms with E-state index in [1.54, 1.807) is 16.4 Å². The van der Waals surface area contributed by atoms with E-state index in [-0.39, 0.29) is 16.9 Å². The van der Waals surface area contributed by atoms with Crippen molar-refractivity contribution >= 4 is 20.9 Å². The minimum Gasteiger partial charge on any atom is -0.361 e. The van der Waals surface area contributed by atoms with Crippen molar-refractivity contribution in [1.29, 1.82) is 0 Å². The molecule has 2 aliphatic rings. The van der Waals surface area contributed by atoms with Crippen LogP contribution in [0.1, 0.15) is 46.7 Å². The average Bonchev–Trinajstić information content (AvgIpc) is 3.47. The van der Waals surface area contributed by atoms with E-state index in [9.17, 15) is 8.42 Å². The van der Waals surface area contributed by atoms with Gasteiger partial charge >= 0.3 is 0 Å². The summed E-state index contributed by atoms with van der Waals surface area (Å²) in [6, 6.07) is 34.6. The number of piperidine rings is 1. The SMILES string of the molecule is Cc1ccc(C23CN(S(=O)(=O)c4ccc(C)cc4)C(c4c[nH]c5ccccc45)CC2(c2ccccc2)C3)cc1. The summed E-state index contributed by atoms with van der Waals surface area (Å²) in [4.78, 5) is 3.76. The standard InChI is InChI=1S/C34H32N2O2S/c1-24-12-16-27(17-13-24)34-22-33(34,26-8-4-3-5-9-26)20-32(30-21-35-31-11-7-6-10-29(30)31)36(23-34)39(37,38)28-18-14-25(2)15-19-28/h3-19,21,32,35H,20,22-23H2,1-2H3. The van der Waals surface area contributed by atoms with Gasteiger partial charge in [0, 0.05) is 34.5 Å². The lowest BCUT2D eigenvalue weighted by molar-refractivity contribution is 0.208. The van der Waals surface area contributed by atoms with Crippen LogP contribution >= 0.6 is 0 Å². The molecule has 5 heteroatoms. The first-order valence-corrected chi connectivity index (χ1v) is 15.1. The molecule has 1 aliphatic heterocycles. The number of aromatic amines is 1. The Bertz CT molecular complexity index is 1780. The molecule has 1 aliphatic carbocycles. The molecule has 2 heterocycles. The number of rotatable bonds is 5. The summed E-state index contributed by atoms with van der Waals surface area (Å²) in [5, 5.41) is 1.08. The van der Waals surface area contributed by atoms with Gasteiger partial charge in [-0.2, -0.15) is 4.31 Å². The van der Waals surface area contributed by atoms with Crippen LogP contribution < -0.4 is 0 Å². The molecular formula is C34H32N2O2S. The second-order valence-corrected chi connectivity index (χ2v) is 13.3. The van der Waals surface area contributed by atoms with Gasteiger partial charge in [0.05, 0.1) is 10.9 Å². The molecule has 5 aromatic rings. The Morgan fingerprint density at radius 3 is 2.08 bits per heavy atom. The summed E-state index contributed by atoms with van der Waals surface area (Å²) in [6.45, 7) is 4.52. The van der Waals surface area contributed by atoms with Gasteiger partial charge in [-0.05, 0) is 61.6 Å². The highest BCUT2D eigenvalue weighted by Crippen LogP contribution is 2.72. The molecule has 3 atom stereocenters. The number of nitrogens with zero attached hydrogens (tertiary/aromatic N) is 1. The van der Waals surface area contributed by atoms with E-state index >= 15 is 0 Å². The Labute approximate surface area is 230 Å². The van der Waals surface area contributed by atoms with Gasteiger partial charge in [-0.25, -0.2) is 8.42 Å². The van der Waals surface area contributed by atoms with E-state index in [2.05, 4.69) is 78.6 Å². The number of aromatic nitrogens is 1. The molecule has 3 unspecified atom stereocenters. The number of hydrogen-bond donors (Lipinski definition) is 1. The Kier molecular flexibility index (Phi) is 5.42. The minimum absolute atomic E-state index is 0.147. The molecule has 7 rings (SSSR count). The molecule has 0 bridgehead atoms. The summed E-state index contributed by atoms with van der Waals surface area (Å²) >= 11 is 0. The van der Waals surface area contributed by atoms with Crippen molar-refractivity contribution in [2.45, 2.75) is 48.5 Å². The van der Waals surface area contributed by atoms with E-state index in [1.807, 2.05) is 37.4 Å². The quantitative estimate of drug-likeness (QED) is 0.260. The highest BCUT2D eigenvalue weighted by molar-refractivity contribution is 7.89. The fourth-order valence-electron chi connectivity index (χ4n) is 7.08. The van der Waals surface area contributed by atoms with Gasteiger partial charge < -0.3 is 4.98 Å². The largest absolute Gasteiger partial charge is 0.361 e. The maximum absolute atomic E-state index is 14.5. The van der Waals surface area contributed by atoms with Crippen LogP contribution in [0.4, 0.5) is 0 Å². The molecule has 1 N–H and O–H groups in total. The zero-order valence-electron chi connectivity index (χ0n) is 22.3. The fourth-order valence-corrected chi connectivity index (χ4v) is 8.75. The number of benzene rings is 4. The van der Waals surface area contributed by atoms with Crippen LogP contribution in [0.2, 0.25) is 0 Å². The Balaban J connectivity index is 1.44. The predicted octanol–water partition coefficient (Wildman–Crippen LogP) is 7.20. The fraction of sp³-hybridized carbons (Fsp3) is 0.235. The summed E-state index contributed by atoms with van der Waals surface area (Å²) in [7, 11) is -3.77. The average molecular weight is 533 g/mol. The number of nitrogens with one attached hydrogen (secondary N) is 1. The monoisotopic (exact) mass is 532 g/mol. The van der Waals surface area contributed by atoms with Crippen LogP contribution in [0.5, 0.6) is 0 Å². The number of aryl methyl sites for hydroxylation is 2. The van der Waals surface area contributed by atoms with Gasteiger partial charge in [0.15, 0.2) is 0 Å². The van der Waals surface area contributed by atoms with Crippen molar-refractivity contribution in [1.82, 2.24) is 9.29 Å². The van der Waals surface area contributed by atoms with Crippen molar-refractivity contribution in [3.63, 3.8) is 0 Å². The van der Waals surface area contributed by atoms with Gasteiger partial charge in [0.2, 0.25) is 10.0 Å². The van der Waals surface area contributed by atoms with Crippen LogP contribution in [-0.2, 0) is 20.9 Å².